The van der Waals surface area contributed by atoms with Crippen molar-refractivity contribution in [2.75, 3.05) is 37.7 Å². The molecule has 2 aliphatic heterocycles. The van der Waals surface area contributed by atoms with Gasteiger partial charge in [-0.25, -0.2) is 8.42 Å². The molecule has 27 heavy (non-hydrogen) atoms. The van der Waals surface area contributed by atoms with E-state index in [4.69, 9.17) is 11.5 Å². The Hall–Kier alpha value is -1.19. The van der Waals surface area contributed by atoms with E-state index in [2.05, 4.69) is 9.80 Å². The summed E-state index contributed by atoms with van der Waals surface area (Å²) in [5.41, 5.74) is 10.6. The number of likely N-dealkylation sites (tertiary alicyclic amines) is 2. The standard InChI is InChI=1S/C18H34N4O4S/c19-17(23)13-15-5-1-3-7-21(15)9-11-27(25,26)12-10-22-8-4-2-6-16(22)14-18(20)24/h15-16H,1-14H2,(H2,19,23)(H2,20,24). The lowest BCUT2D eigenvalue weighted by Gasteiger charge is -2.36. The molecule has 0 bridgehead atoms. The summed E-state index contributed by atoms with van der Waals surface area (Å²) in [7, 11) is -3.20. The van der Waals surface area contributed by atoms with Crippen molar-refractivity contribution in [1.82, 2.24) is 9.80 Å². The minimum Gasteiger partial charge on any atom is -0.370 e. The molecular formula is C18H34N4O4S. The molecule has 0 aliphatic carbocycles. The van der Waals surface area contributed by atoms with Crippen LogP contribution in [0.5, 0.6) is 0 Å². The fraction of sp³-hybridized carbons (Fsp3) is 0.889. The molecule has 8 nitrogen and oxygen atoms in total. The predicted molar refractivity (Wildman–Crippen MR) is 105 cm³/mol. The molecule has 0 saturated carbocycles. The maximum Gasteiger partial charge on any atom is 0.218 e. The van der Waals surface area contributed by atoms with Gasteiger partial charge in [0.2, 0.25) is 11.8 Å². The van der Waals surface area contributed by atoms with E-state index in [0.717, 1.165) is 51.6 Å². The molecule has 2 saturated heterocycles. The van der Waals surface area contributed by atoms with Gasteiger partial charge in [0.15, 0.2) is 9.84 Å². The number of rotatable bonds is 10. The Labute approximate surface area is 162 Å². The Morgan fingerprint density at radius 2 is 1.19 bits per heavy atom. The highest BCUT2D eigenvalue weighted by Crippen LogP contribution is 2.21. The van der Waals surface area contributed by atoms with Crippen LogP contribution >= 0.6 is 0 Å². The third kappa shape index (κ3) is 7.75. The lowest BCUT2D eigenvalue weighted by Crippen LogP contribution is -2.46. The van der Waals surface area contributed by atoms with Crippen molar-refractivity contribution < 1.29 is 18.0 Å². The molecular weight excluding hydrogens is 368 g/mol. The molecule has 0 aromatic carbocycles. The third-order valence-electron chi connectivity index (χ3n) is 5.75. The van der Waals surface area contributed by atoms with Crippen LogP contribution < -0.4 is 11.5 Å². The van der Waals surface area contributed by atoms with Gasteiger partial charge in [-0.2, -0.15) is 0 Å². The molecule has 2 amide bonds. The van der Waals surface area contributed by atoms with Crippen molar-refractivity contribution in [2.24, 2.45) is 11.5 Å². The molecule has 2 heterocycles. The first-order valence-corrected chi connectivity index (χ1v) is 11.8. The molecule has 2 fully saturated rings. The van der Waals surface area contributed by atoms with E-state index < -0.39 is 9.84 Å². The molecule has 0 aromatic rings. The second-order valence-corrected chi connectivity index (χ2v) is 10.2. The van der Waals surface area contributed by atoms with Crippen molar-refractivity contribution in [2.45, 2.75) is 63.5 Å². The fourth-order valence-corrected chi connectivity index (χ4v) is 5.48. The number of hydrogen-bond acceptors (Lipinski definition) is 6. The van der Waals surface area contributed by atoms with E-state index in [9.17, 15) is 18.0 Å². The smallest absolute Gasteiger partial charge is 0.218 e. The number of hydrogen-bond donors (Lipinski definition) is 2. The zero-order valence-corrected chi connectivity index (χ0v) is 17.0. The zero-order chi connectivity index (χ0) is 19.9. The van der Waals surface area contributed by atoms with Gasteiger partial charge in [0.1, 0.15) is 0 Å². The van der Waals surface area contributed by atoms with Crippen molar-refractivity contribution in [3.05, 3.63) is 0 Å². The van der Waals surface area contributed by atoms with Gasteiger partial charge >= 0.3 is 0 Å². The van der Waals surface area contributed by atoms with Crippen LogP contribution in [0.2, 0.25) is 0 Å². The van der Waals surface area contributed by atoms with Gasteiger partial charge in [-0.05, 0) is 38.8 Å². The molecule has 156 valence electrons. The summed E-state index contributed by atoms with van der Waals surface area (Å²) in [5, 5.41) is 0. The second kappa shape index (κ2) is 10.4. The normalized spacial score (nSPS) is 25.3. The molecule has 2 rings (SSSR count). The average molecular weight is 403 g/mol. The Kier molecular flexibility index (Phi) is 8.50. The highest BCUT2D eigenvalue weighted by Gasteiger charge is 2.27. The van der Waals surface area contributed by atoms with E-state index >= 15 is 0 Å². The maximum atomic E-state index is 12.5. The summed E-state index contributed by atoms with van der Waals surface area (Å²) in [6.07, 6.45) is 6.53. The van der Waals surface area contributed by atoms with Gasteiger partial charge in [-0.1, -0.05) is 12.8 Å². The SMILES string of the molecule is NC(=O)CC1CCCCN1CCS(=O)(=O)CCN1CCCCC1CC(N)=O. The van der Waals surface area contributed by atoms with Crippen LogP contribution in [0.15, 0.2) is 0 Å². The van der Waals surface area contributed by atoms with Gasteiger partial charge in [0.05, 0.1) is 11.5 Å². The van der Waals surface area contributed by atoms with Crippen LogP contribution in [-0.4, -0.2) is 79.8 Å². The second-order valence-electron chi connectivity index (χ2n) is 7.86. The minimum absolute atomic E-state index is 0.0634. The molecule has 4 N–H and O–H groups in total. The van der Waals surface area contributed by atoms with Gasteiger partial charge in [-0.15, -0.1) is 0 Å². The van der Waals surface area contributed by atoms with E-state index in [1.807, 2.05) is 0 Å². The topological polar surface area (TPSA) is 127 Å². The van der Waals surface area contributed by atoms with Crippen molar-refractivity contribution in [1.29, 1.82) is 0 Å². The molecule has 0 radical (unpaired) electrons. The average Bonchev–Trinajstić information content (AvgIpc) is 2.59. The Bertz CT molecular complexity index is 564. The first-order chi connectivity index (χ1) is 12.8. The number of primary amides is 2. The molecule has 0 aromatic heterocycles. The van der Waals surface area contributed by atoms with Gasteiger partial charge in [0, 0.05) is 38.0 Å². The molecule has 0 spiro atoms. The molecule has 9 heteroatoms. The lowest BCUT2D eigenvalue weighted by atomic mass is 9.99. The fourth-order valence-electron chi connectivity index (χ4n) is 4.25. The van der Waals surface area contributed by atoms with E-state index in [-0.39, 0.29) is 35.4 Å². The van der Waals surface area contributed by atoms with Crippen LogP contribution in [0.25, 0.3) is 0 Å². The number of amides is 2. The monoisotopic (exact) mass is 402 g/mol. The molecule has 2 aliphatic rings. The highest BCUT2D eigenvalue weighted by molar-refractivity contribution is 7.91. The Balaban J connectivity index is 1.83. The number of carbonyl (C=O) groups is 2. The summed E-state index contributed by atoms with van der Waals surface area (Å²) in [4.78, 5) is 26.7. The van der Waals surface area contributed by atoms with E-state index in [1.54, 1.807) is 0 Å². The maximum absolute atomic E-state index is 12.5. The molecule has 2 unspecified atom stereocenters. The van der Waals surface area contributed by atoms with Crippen molar-refractivity contribution in [3.63, 3.8) is 0 Å². The van der Waals surface area contributed by atoms with Crippen LogP contribution in [-0.2, 0) is 19.4 Å². The quantitative estimate of drug-likeness (QED) is 0.524. The van der Waals surface area contributed by atoms with Gasteiger partial charge in [-0.3, -0.25) is 19.4 Å². The zero-order valence-electron chi connectivity index (χ0n) is 16.1. The largest absolute Gasteiger partial charge is 0.370 e. The summed E-state index contributed by atoms with van der Waals surface area (Å²) in [6, 6.07) is 0.127. The Morgan fingerprint density at radius 3 is 1.56 bits per heavy atom. The highest BCUT2D eigenvalue weighted by atomic mass is 32.2. The van der Waals surface area contributed by atoms with Crippen LogP contribution in [0.3, 0.4) is 0 Å². The summed E-state index contributed by atoms with van der Waals surface area (Å²) >= 11 is 0. The Morgan fingerprint density at radius 1 is 0.778 bits per heavy atom. The van der Waals surface area contributed by atoms with Crippen molar-refractivity contribution in [3.8, 4) is 0 Å². The van der Waals surface area contributed by atoms with Crippen LogP contribution in [0.4, 0.5) is 0 Å². The minimum atomic E-state index is -3.20. The van der Waals surface area contributed by atoms with E-state index in [1.165, 1.54) is 0 Å². The summed E-state index contributed by atoms with van der Waals surface area (Å²) < 4.78 is 25.1. The number of carbonyl (C=O) groups excluding carboxylic acids is 2. The lowest BCUT2D eigenvalue weighted by molar-refractivity contribution is -0.120. The van der Waals surface area contributed by atoms with E-state index in [0.29, 0.717) is 25.9 Å². The van der Waals surface area contributed by atoms with Gasteiger partial charge in [0.25, 0.3) is 0 Å². The predicted octanol–water partition coefficient (Wildman–Crippen LogP) is -0.139. The summed E-state index contributed by atoms with van der Waals surface area (Å²) in [6.45, 7) is 2.54. The number of nitrogens with zero attached hydrogens (tertiary/aromatic N) is 2. The molecule has 2 atom stereocenters. The third-order valence-corrected chi connectivity index (χ3v) is 7.36. The first-order valence-electron chi connectivity index (χ1n) is 10.0. The van der Waals surface area contributed by atoms with Gasteiger partial charge < -0.3 is 11.5 Å². The van der Waals surface area contributed by atoms with Crippen LogP contribution in [0.1, 0.15) is 51.4 Å². The number of piperidine rings is 2. The number of sulfone groups is 1. The summed E-state index contributed by atoms with van der Waals surface area (Å²) in [5.74, 6) is -0.478. The van der Waals surface area contributed by atoms with Crippen molar-refractivity contribution >= 4 is 21.7 Å². The van der Waals surface area contributed by atoms with Crippen LogP contribution in [0, 0.1) is 0 Å². The first kappa shape index (κ1) is 22.1. The number of nitrogens with two attached hydrogens (primary N) is 2.